The quantitative estimate of drug-likeness (QED) is 0.843. The van der Waals surface area contributed by atoms with Crippen LogP contribution in [0.3, 0.4) is 0 Å². The summed E-state index contributed by atoms with van der Waals surface area (Å²) in [6.45, 7) is 3.12. The number of rotatable bonds is 2. The molecule has 0 bridgehead atoms. The van der Waals surface area contributed by atoms with Crippen LogP contribution in [0.5, 0.6) is 0 Å². The third-order valence-corrected chi connectivity index (χ3v) is 4.19. The van der Waals surface area contributed by atoms with Gasteiger partial charge in [0.1, 0.15) is 5.69 Å². The number of hydrogen-bond acceptors (Lipinski definition) is 3. The summed E-state index contributed by atoms with van der Waals surface area (Å²) in [7, 11) is 1.79. The van der Waals surface area contributed by atoms with Gasteiger partial charge in [0.15, 0.2) is 0 Å². The lowest BCUT2D eigenvalue weighted by atomic mass is 10.0. The molecule has 2 amide bonds. The highest BCUT2D eigenvalue weighted by molar-refractivity contribution is 5.92. The first-order chi connectivity index (χ1) is 11.1. The predicted octanol–water partition coefficient (Wildman–Crippen LogP) is 1.47. The Labute approximate surface area is 135 Å². The van der Waals surface area contributed by atoms with Crippen molar-refractivity contribution in [2.24, 2.45) is 7.05 Å². The maximum Gasteiger partial charge on any atom is 0.274 e. The molecule has 0 unspecified atom stereocenters. The van der Waals surface area contributed by atoms with E-state index < -0.39 is 0 Å². The Morgan fingerprint density at radius 3 is 2.48 bits per heavy atom. The fourth-order valence-electron chi connectivity index (χ4n) is 3.00. The molecule has 1 aliphatic rings. The highest BCUT2D eigenvalue weighted by atomic mass is 16.2. The highest BCUT2D eigenvalue weighted by Crippen LogP contribution is 2.26. The largest absolute Gasteiger partial charge is 0.333 e. The molecule has 0 spiro atoms. The van der Waals surface area contributed by atoms with Crippen molar-refractivity contribution in [3.8, 4) is 0 Å². The molecule has 0 aliphatic carbocycles. The normalized spacial score (nSPS) is 18.1. The van der Waals surface area contributed by atoms with Gasteiger partial charge in [-0.25, -0.2) is 0 Å². The van der Waals surface area contributed by atoms with Gasteiger partial charge in [0, 0.05) is 39.8 Å². The van der Waals surface area contributed by atoms with E-state index in [1.54, 1.807) is 35.8 Å². The smallest absolute Gasteiger partial charge is 0.274 e. The van der Waals surface area contributed by atoms with E-state index in [0.29, 0.717) is 25.3 Å². The number of carbonyl (C=O) groups is 2. The van der Waals surface area contributed by atoms with E-state index in [1.165, 1.54) is 0 Å². The summed E-state index contributed by atoms with van der Waals surface area (Å²) in [6, 6.07) is 11.4. The molecule has 0 N–H and O–H groups in total. The van der Waals surface area contributed by atoms with Crippen LogP contribution in [-0.2, 0) is 11.8 Å². The molecule has 3 rings (SSSR count). The molecule has 1 aromatic carbocycles. The van der Waals surface area contributed by atoms with Gasteiger partial charge in [-0.05, 0) is 11.6 Å². The number of aryl methyl sites for hydroxylation is 1. The Morgan fingerprint density at radius 1 is 1.13 bits per heavy atom. The number of aromatic nitrogens is 2. The number of nitrogens with zero attached hydrogens (tertiary/aromatic N) is 4. The van der Waals surface area contributed by atoms with Crippen LogP contribution in [0.4, 0.5) is 0 Å². The second-order valence-corrected chi connectivity index (χ2v) is 5.76. The Hall–Kier alpha value is -2.63. The van der Waals surface area contributed by atoms with Crippen molar-refractivity contribution in [1.82, 2.24) is 19.6 Å². The van der Waals surface area contributed by atoms with Crippen molar-refractivity contribution >= 4 is 11.8 Å². The molecule has 1 saturated heterocycles. The van der Waals surface area contributed by atoms with E-state index in [9.17, 15) is 9.59 Å². The van der Waals surface area contributed by atoms with Gasteiger partial charge in [-0.2, -0.15) is 5.10 Å². The molecule has 0 saturated carbocycles. The fraction of sp³-hybridized carbons (Fsp3) is 0.353. The maximum atomic E-state index is 12.6. The predicted molar refractivity (Wildman–Crippen MR) is 85.7 cm³/mol. The first-order valence-electron chi connectivity index (χ1n) is 7.67. The third kappa shape index (κ3) is 3.11. The fourth-order valence-corrected chi connectivity index (χ4v) is 3.00. The summed E-state index contributed by atoms with van der Waals surface area (Å²) in [5, 5.41) is 4.18. The molecule has 23 heavy (non-hydrogen) atoms. The summed E-state index contributed by atoms with van der Waals surface area (Å²) < 4.78 is 1.62. The molecular formula is C17H20N4O2. The molecule has 6 heteroatoms. The van der Waals surface area contributed by atoms with Gasteiger partial charge in [-0.3, -0.25) is 14.3 Å². The van der Waals surface area contributed by atoms with E-state index in [4.69, 9.17) is 0 Å². The maximum absolute atomic E-state index is 12.6. The van der Waals surface area contributed by atoms with E-state index >= 15 is 0 Å². The lowest BCUT2D eigenvalue weighted by Crippen LogP contribution is -2.51. The van der Waals surface area contributed by atoms with Crippen LogP contribution in [0.1, 0.15) is 29.0 Å². The monoisotopic (exact) mass is 312 g/mol. The molecule has 2 aromatic rings. The van der Waals surface area contributed by atoms with Crippen molar-refractivity contribution < 1.29 is 9.59 Å². The van der Waals surface area contributed by atoms with Crippen LogP contribution in [0, 0.1) is 0 Å². The molecule has 1 aliphatic heterocycles. The first-order valence-corrected chi connectivity index (χ1v) is 7.67. The van der Waals surface area contributed by atoms with Crippen LogP contribution in [0.25, 0.3) is 0 Å². The van der Waals surface area contributed by atoms with Gasteiger partial charge < -0.3 is 9.80 Å². The Bertz CT molecular complexity index is 710. The van der Waals surface area contributed by atoms with Crippen molar-refractivity contribution in [2.75, 3.05) is 19.6 Å². The number of hydrogen-bond donors (Lipinski definition) is 0. The van der Waals surface area contributed by atoms with Gasteiger partial charge in [0.2, 0.25) is 5.91 Å². The zero-order chi connectivity index (χ0) is 16.4. The Balaban J connectivity index is 1.84. The molecule has 6 nitrogen and oxygen atoms in total. The summed E-state index contributed by atoms with van der Waals surface area (Å²) in [6.07, 6.45) is 1.76. The van der Waals surface area contributed by atoms with Gasteiger partial charge in [0.05, 0.1) is 6.04 Å². The molecule has 120 valence electrons. The summed E-state index contributed by atoms with van der Waals surface area (Å²) in [5.41, 5.74) is 1.48. The molecular weight excluding hydrogens is 292 g/mol. The molecule has 1 atom stereocenters. The van der Waals surface area contributed by atoms with Gasteiger partial charge in [0.25, 0.3) is 5.91 Å². The minimum Gasteiger partial charge on any atom is -0.333 e. The number of carbonyl (C=O) groups excluding carboxylic acids is 2. The van der Waals surface area contributed by atoms with Gasteiger partial charge in [-0.15, -0.1) is 0 Å². The Morgan fingerprint density at radius 2 is 1.87 bits per heavy atom. The van der Waals surface area contributed by atoms with Crippen LogP contribution in [0.2, 0.25) is 0 Å². The highest BCUT2D eigenvalue weighted by Gasteiger charge is 2.32. The zero-order valence-electron chi connectivity index (χ0n) is 13.3. The average molecular weight is 312 g/mol. The van der Waals surface area contributed by atoms with Gasteiger partial charge >= 0.3 is 0 Å². The van der Waals surface area contributed by atoms with E-state index in [0.717, 1.165) is 5.56 Å². The van der Waals surface area contributed by atoms with Crippen LogP contribution < -0.4 is 0 Å². The molecule has 1 aromatic heterocycles. The van der Waals surface area contributed by atoms with Crippen molar-refractivity contribution in [1.29, 1.82) is 0 Å². The SMILES string of the molecule is CC(=O)N1CCN(C(=O)c2ccn(C)n2)C[C@@H]1c1ccccc1. The molecule has 1 fully saturated rings. The summed E-state index contributed by atoms with van der Waals surface area (Å²) in [5.74, 6) is -0.0569. The Kier molecular flexibility index (Phi) is 4.14. The lowest BCUT2D eigenvalue weighted by molar-refractivity contribution is -0.133. The number of piperazine rings is 1. The second kappa shape index (κ2) is 6.24. The topological polar surface area (TPSA) is 58.4 Å². The third-order valence-electron chi connectivity index (χ3n) is 4.19. The standard InChI is InChI=1S/C17H20N4O2/c1-13(22)21-11-10-20(17(23)15-8-9-19(2)18-15)12-16(21)14-6-4-3-5-7-14/h3-9,16H,10-12H2,1-2H3/t16-/m1/s1. The van der Waals surface area contributed by atoms with Crippen molar-refractivity contribution in [2.45, 2.75) is 13.0 Å². The number of amides is 2. The zero-order valence-corrected chi connectivity index (χ0v) is 13.3. The lowest BCUT2D eigenvalue weighted by Gasteiger charge is -2.41. The van der Waals surface area contributed by atoms with Crippen LogP contribution >= 0.6 is 0 Å². The molecule has 2 heterocycles. The second-order valence-electron chi connectivity index (χ2n) is 5.76. The minimum atomic E-state index is -0.116. The molecule has 0 radical (unpaired) electrons. The first kappa shape index (κ1) is 15.3. The van der Waals surface area contributed by atoms with Crippen LogP contribution in [-0.4, -0.2) is 51.0 Å². The summed E-state index contributed by atoms with van der Waals surface area (Å²) >= 11 is 0. The van der Waals surface area contributed by atoms with Crippen molar-refractivity contribution in [3.05, 3.63) is 53.9 Å². The van der Waals surface area contributed by atoms with Crippen LogP contribution in [0.15, 0.2) is 42.6 Å². The van der Waals surface area contributed by atoms with E-state index in [2.05, 4.69) is 5.10 Å². The van der Waals surface area contributed by atoms with E-state index in [1.807, 2.05) is 35.2 Å². The number of benzene rings is 1. The van der Waals surface area contributed by atoms with Crippen molar-refractivity contribution in [3.63, 3.8) is 0 Å². The summed E-state index contributed by atoms with van der Waals surface area (Å²) in [4.78, 5) is 28.2. The average Bonchev–Trinajstić information content (AvgIpc) is 3.01. The minimum absolute atomic E-state index is 0.0313. The van der Waals surface area contributed by atoms with Gasteiger partial charge in [-0.1, -0.05) is 30.3 Å². The van der Waals surface area contributed by atoms with E-state index in [-0.39, 0.29) is 17.9 Å².